The molecule has 0 bridgehead atoms. The zero-order valence-electron chi connectivity index (χ0n) is 16.0. The van der Waals surface area contributed by atoms with Gasteiger partial charge >= 0.3 is 0 Å². The Bertz CT molecular complexity index is 857. The normalized spacial score (nSPS) is 28.8. The summed E-state index contributed by atoms with van der Waals surface area (Å²) in [4.78, 5) is 4.57. The first kappa shape index (κ1) is 18.0. The first-order valence-electron chi connectivity index (χ1n) is 10.4. The highest BCUT2D eigenvalue weighted by atomic mass is 19.1. The third-order valence-corrected chi connectivity index (χ3v) is 6.68. The number of fused-ring (bicyclic) bond motifs is 1. The second-order valence-corrected chi connectivity index (χ2v) is 8.29. The van der Waals surface area contributed by atoms with Crippen LogP contribution in [0.3, 0.4) is 0 Å². The number of hydrogen-bond donors (Lipinski definition) is 0. The van der Waals surface area contributed by atoms with Crippen molar-refractivity contribution in [2.75, 3.05) is 13.2 Å². The van der Waals surface area contributed by atoms with Gasteiger partial charge in [0.05, 0.1) is 18.9 Å². The molecule has 4 heteroatoms. The summed E-state index contributed by atoms with van der Waals surface area (Å²) in [7, 11) is 0. The third-order valence-electron chi connectivity index (χ3n) is 6.68. The zero-order valence-corrected chi connectivity index (χ0v) is 16.0. The molecule has 146 valence electrons. The van der Waals surface area contributed by atoms with Crippen molar-refractivity contribution in [2.45, 2.75) is 37.9 Å². The molecule has 0 N–H and O–H groups in total. The Labute approximate surface area is 165 Å². The van der Waals surface area contributed by atoms with Crippen molar-refractivity contribution in [3.63, 3.8) is 0 Å². The number of benzene rings is 1. The first-order chi connectivity index (χ1) is 13.7. The summed E-state index contributed by atoms with van der Waals surface area (Å²) < 4.78 is 25.8. The van der Waals surface area contributed by atoms with Crippen molar-refractivity contribution in [1.82, 2.24) is 4.98 Å². The monoisotopic (exact) mass is 379 g/mol. The van der Waals surface area contributed by atoms with E-state index < -0.39 is 5.79 Å². The molecule has 2 saturated carbocycles. The van der Waals surface area contributed by atoms with Crippen LogP contribution in [0, 0.1) is 23.6 Å². The van der Waals surface area contributed by atoms with Gasteiger partial charge in [0.15, 0.2) is 5.79 Å². The largest absolute Gasteiger partial charge is 0.347 e. The van der Waals surface area contributed by atoms with Crippen LogP contribution in [0.5, 0.6) is 0 Å². The van der Waals surface area contributed by atoms with E-state index in [2.05, 4.69) is 17.1 Å². The molecular formula is C24H26FNO2. The first-order valence-corrected chi connectivity index (χ1v) is 10.4. The second kappa shape index (κ2) is 7.41. The Hall–Kier alpha value is -2.04. The lowest BCUT2D eigenvalue weighted by Gasteiger charge is -2.31. The molecule has 0 unspecified atom stereocenters. The average Bonchev–Trinajstić information content (AvgIpc) is 3.31. The van der Waals surface area contributed by atoms with Crippen LogP contribution in [0.4, 0.5) is 4.39 Å². The summed E-state index contributed by atoms with van der Waals surface area (Å²) in [6.07, 6.45) is 12.4. The van der Waals surface area contributed by atoms with Gasteiger partial charge in [-0.2, -0.15) is 0 Å². The van der Waals surface area contributed by atoms with E-state index in [1.807, 2.05) is 24.4 Å². The summed E-state index contributed by atoms with van der Waals surface area (Å²) in [6, 6.07) is 10.6. The number of halogens is 1. The van der Waals surface area contributed by atoms with Gasteiger partial charge in [-0.25, -0.2) is 4.39 Å². The highest BCUT2D eigenvalue weighted by molar-refractivity contribution is 5.63. The van der Waals surface area contributed by atoms with Gasteiger partial charge in [0.1, 0.15) is 5.82 Å². The van der Waals surface area contributed by atoms with Crippen molar-refractivity contribution < 1.29 is 13.9 Å². The van der Waals surface area contributed by atoms with Crippen LogP contribution in [-0.2, 0) is 9.47 Å². The van der Waals surface area contributed by atoms with Crippen LogP contribution >= 0.6 is 0 Å². The van der Waals surface area contributed by atoms with E-state index in [9.17, 15) is 4.39 Å². The molecule has 28 heavy (non-hydrogen) atoms. The molecule has 2 aliphatic carbocycles. The molecule has 1 aliphatic heterocycles. The minimum absolute atomic E-state index is 0.230. The summed E-state index contributed by atoms with van der Waals surface area (Å²) in [5, 5.41) is 0. The van der Waals surface area contributed by atoms with Gasteiger partial charge in [-0.05, 0) is 54.5 Å². The number of aromatic nitrogens is 1. The van der Waals surface area contributed by atoms with Crippen LogP contribution in [-0.4, -0.2) is 24.0 Å². The molecule has 3 atom stereocenters. The van der Waals surface area contributed by atoms with Crippen molar-refractivity contribution in [3.05, 3.63) is 60.2 Å². The molecule has 3 nitrogen and oxygen atoms in total. The fourth-order valence-electron chi connectivity index (χ4n) is 5.41. The Kier molecular flexibility index (Phi) is 4.77. The van der Waals surface area contributed by atoms with Crippen molar-refractivity contribution in [3.8, 4) is 11.1 Å². The Morgan fingerprint density at radius 3 is 2.68 bits per heavy atom. The quantitative estimate of drug-likeness (QED) is 0.709. The van der Waals surface area contributed by atoms with E-state index in [0.717, 1.165) is 23.2 Å². The fourth-order valence-corrected chi connectivity index (χ4v) is 5.41. The number of pyridine rings is 1. The fraction of sp³-hybridized carbons (Fsp3) is 0.458. The highest BCUT2D eigenvalue weighted by Gasteiger charge is 2.56. The maximum Gasteiger partial charge on any atom is 0.175 e. The predicted molar refractivity (Wildman–Crippen MR) is 107 cm³/mol. The van der Waals surface area contributed by atoms with Gasteiger partial charge in [-0.1, -0.05) is 37.1 Å². The molecule has 1 aromatic carbocycles. The van der Waals surface area contributed by atoms with Gasteiger partial charge < -0.3 is 9.47 Å². The molecule has 2 aromatic rings. The smallest absolute Gasteiger partial charge is 0.175 e. The van der Waals surface area contributed by atoms with Gasteiger partial charge in [0, 0.05) is 24.1 Å². The maximum absolute atomic E-state index is 13.5. The molecule has 1 saturated heterocycles. The minimum Gasteiger partial charge on any atom is -0.347 e. The molecule has 3 fully saturated rings. The highest BCUT2D eigenvalue weighted by Crippen LogP contribution is 2.54. The SMILES string of the molecule is Fc1cccc(-c2ccc(/C=C/[C@@H]3[C@H]4CCCC[C@@H]4CC34OCCO4)nc2)c1. The van der Waals surface area contributed by atoms with Crippen LogP contribution in [0.15, 0.2) is 48.7 Å². The Morgan fingerprint density at radius 1 is 1.04 bits per heavy atom. The second-order valence-electron chi connectivity index (χ2n) is 8.29. The molecule has 2 heterocycles. The number of ether oxygens (including phenoxy) is 2. The topological polar surface area (TPSA) is 31.4 Å². The van der Waals surface area contributed by atoms with Gasteiger partial charge in [0.25, 0.3) is 0 Å². The van der Waals surface area contributed by atoms with Crippen LogP contribution in [0.2, 0.25) is 0 Å². The van der Waals surface area contributed by atoms with Crippen LogP contribution in [0.25, 0.3) is 17.2 Å². The Morgan fingerprint density at radius 2 is 1.89 bits per heavy atom. The van der Waals surface area contributed by atoms with Crippen LogP contribution in [0.1, 0.15) is 37.8 Å². The number of hydrogen-bond acceptors (Lipinski definition) is 3. The van der Waals surface area contributed by atoms with Crippen LogP contribution < -0.4 is 0 Å². The Balaban J connectivity index is 1.37. The molecule has 5 rings (SSSR count). The van der Waals surface area contributed by atoms with Gasteiger partial charge in [-0.3, -0.25) is 4.98 Å². The lowest BCUT2D eigenvalue weighted by Crippen LogP contribution is -2.35. The van der Waals surface area contributed by atoms with E-state index in [0.29, 0.717) is 31.0 Å². The maximum atomic E-state index is 13.5. The van der Waals surface area contributed by atoms with Gasteiger partial charge in [-0.15, -0.1) is 0 Å². The lowest BCUT2D eigenvalue weighted by molar-refractivity contribution is -0.175. The van der Waals surface area contributed by atoms with Crippen molar-refractivity contribution in [1.29, 1.82) is 0 Å². The van der Waals surface area contributed by atoms with Crippen molar-refractivity contribution >= 4 is 6.08 Å². The molecule has 1 spiro atoms. The molecule has 1 aromatic heterocycles. The standard InChI is InChI=1S/C24H26FNO2/c25-20-6-3-5-17(14-20)19-8-9-21(26-16-19)10-11-23-22-7-2-1-4-18(22)15-24(23)27-12-13-28-24/h3,5-6,8-11,14,16,18,22-23H,1-2,4,7,12-13,15H2/b11-10+/t18-,22+,23-/m1/s1. The third kappa shape index (κ3) is 3.29. The van der Waals surface area contributed by atoms with Gasteiger partial charge in [0.2, 0.25) is 0 Å². The summed E-state index contributed by atoms with van der Waals surface area (Å²) in [5.41, 5.74) is 2.67. The minimum atomic E-state index is -0.419. The zero-order chi connectivity index (χ0) is 19.0. The summed E-state index contributed by atoms with van der Waals surface area (Å²) >= 11 is 0. The molecule has 0 radical (unpaired) electrons. The van der Waals surface area contributed by atoms with Crippen molar-refractivity contribution in [2.24, 2.45) is 17.8 Å². The average molecular weight is 379 g/mol. The number of rotatable bonds is 3. The van der Waals surface area contributed by atoms with E-state index in [4.69, 9.17) is 9.47 Å². The summed E-state index contributed by atoms with van der Waals surface area (Å²) in [5.74, 6) is 1.01. The van der Waals surface area contributed by atoms with E-state index in [1.54, 1.807) is 6.07 Å². The molecule has 0 amide bonds. The van der Waals surface area contributed by atoms with E-state index in [-0.39, 0.29) is 5.82 Å². The lowest BCUT2D eigenvalue weighted by atomic mass is 9.77. The predicted octanol–water partition coefficient (Wildman–Crippen LogP) is 5.47. The summed E-state index contributed by atoms with van der Waals surface area (Å²) in [6.45, 7) is 1.40. The molecular weight excluding hydrogens is 353 g/mol. The van der Waals surface area contributed by atoms with E-state index in [1.165, 1.54) is 37.8 Å². The number of nitrogens with zero attached hydrogens (tertiary/aromatic N) is 1. The molecule has 3 aliphatic rings. The van der Waals surface area contributed by atoms with E-state index >= 15 is 0 Å².